The van der Waals surface area contributed by atoms with Gasteiger partial charge in [0, 0.05) is 12.1 Å². The lowest BCUT2D eigenvalue weighted by molar-refractivity contribution is 0.273. The van der Waals surface area contributed by atoms with Gasteiger partial charge in [-0.2, -0.15) is 0 Å². The summed E-state index contributed by atoms with van der Waals surface area (Å²) in [7, 11) is -1.15. The first-order valence-electron chi connectivity index (χ1n) is 5.60. The van der Waals surface area contributed by atoms with Gasteiger partial charge in [0.2, 0.25) is 0 Å². The van der Waals surface area contributed by atoms with Crippen LogP contribution in [0.15, 0.2) is 0 Å². The second kappa shape index (κ2) is 3.39. The maximum atomic E-state index is 4.63. The fourth-order valence-corrected chi connectivity index (χ4v) is 6.38. The largest absolute Gasteiger partial charge is 0.278 e. The Bertz CT molecular complexity index is 254. The molecular formula is C12H26NP. The van der Waals surface area contributed by atoms with E-state index in [1.165, 1.54) is 19.1 Å². The molecule has 1 atom stereocenters. The van der Waals surface area contributed by atoms with Gasteiger partial charge >= 0.3 is 0 Å². The van der Waals surface area contributed by atoms with Crippen LogP contribution in [0.2, 0.25) is 0 Å². The van der Waals surface area contributed by atoms with Gasteiger partial charge < -0.3 is 0 Å². The number of hydrogen-bond donors (Lipinski definition) is 0. The first-order valence-corrected chi connectivity index (χ1v) is 7.71. The van der Waals surface area contributed by atoms with Gasteiger partial charge in [0.05, 0.1) is 0 Å². The molecule has 0 unspecified atom stereocenters. The zero-order valence-corrected chi connectivity index (χ0v) is 11.6. The molecule has 0 radical (unpaired) electrons. The van der Waals surface area contributed by atoms with E-state index in [4.69, 9.17) is 0 Å². The highest BCUT2D eigenvalue weighted by molar-refractivity contribution is 7.73. The van der Waals surface area contributed by atoms with Gasteiger partial charge in [-0.25, -0.2) is 0 Å². The van der Waals surface area contributed by atoms with Gasteiger partial charge in [-0.05, 0) is 45.5 Å². The Morgan fingerprint density at radius 1 is 1.07 bits per heavy atom. The molecule has 0 aromatic heterocycles. The van der Waals surface area contributed by atoms with Gasteiger partial charge in [0.1, 0.15) is 0 Å². The minimum Gasteiger partial charge on any atom is -0.278 e. The monoisotopic (exact) mass is 215 g/mol. The number of rotatable bonds is 0. The summed E-state index contributed by atoms with van der Waals surface area (Å²) in [4.78, 5) is 0. The van der Waals surface area contributed by atoms with Crippen LogP contribution in [0.5, 0.6) is 0 Å². The molecule has 0 aromatic carbocycles. The van der Waals surface area contributed by atoms with E-state index >= 15 is 0 Å². The van der Waals surface area contributed by atoms with Crippen molar-refractivity contribution in [3.8, 4) is 0 Å². The molecule has 0 amide bonds. The van der Waals surface area contributed by atoms with E-state index < -0.39 is 7.04 Å². The minimum absolute atomic E-state index is 0.291. The molecular weight excluding hydrogens is 189 g/mol. The molecule has 0 aliphatic carbocycles. The Morgan fingerprint density at radius 3 is 1.86 bits per heavy atom. The van der Waals surface area contributed by atoms with E-state index in [1.54, 1.807) is 0 Å². The maximum absolute atomic E-state index is 4.63. The zero-order chi connectivity index (χ0) is 11.2. The van der Waals surface area contributed by atoms with Crippen molar-refractivity contribution in [2.75, 3.05) is 12.7 Å². The summed E-state index contributed by atoms with van der Waals surface area (Å²) >= 11 is 0. The normalized spacial score (nSPS) is 31.0. The summed E-state index contributed by atoms with van der Waals surface area (Å²) in [5, 5.41) is 0.372. The summed E-state index contributed by atoms with van der Waals surface area (Å²) in [5.74, 6) is 0. The molecule has 0 N–H and O–H groups in total. The second-order valence-corrected chi connectivity index (χ2v) is 10.6. The summed E-state index contributed by atoms with van der Waals surface area (Å²) in [6.45, 7) is 15.3. The van der Waals surface area contributed by atoms with Gasteiger partial charge in [0.15, 0.2) is 0 Å². The number of nitrogens with zero attached hydrogens (tertiary/aromatic N) is 1. The molecule has 1 fully saturated rings. The Kier molecular flexibility index (Phi) is 2.98. The van der Waals surface area contributed by atoms with Crippen molar-refractivity contribution in [3.63, 3.8) is 0 Å². The van der Waals surface area contributed by atoms with E-state index in [2.05, 4.69) is 52.5 Å². The Balaban J connectivity index is 3.06. The van der Waals surface area contributed by atoms with Crippen molar-refractivity contribution < 1.29 is 0 Å². The third kappa shape index (κ3) is 1.95. The lowest BCUT2D eigenvalue weighted by Crippen LogP contribution is -2.40. The molecule has 1 saturated heterocycles. The summed E-state index contributed by atoms with van der Waals surface area (Å²) in [6, 6.07) is 0. The van der Waals surface area contributed by atoms with E-state index in [-0.39, 0.29) is 0 Å². The minimum atomic E-state index is -1.15. The molecule has 0 saturated carbocycles. The average Bonchev–Trinajstić information content (AvgIpc) is 2.28. The predicted octanol–water partition coefficient (Wildman–Crippen LogP) is 3.65. The number of hydrogen-bond acceptors (Lipinski definition) is 1. The molecule has 2 heteroatoms. The molecule has 84 valence electrons. The van der Waals surface area contributed by atoms with Crippen molar-refractivity contribution in [2.24, 2.45) is 0 Å². The molecule has 0 aromatic rings. The van der Waals surface area contributed by atoms with Gasteiger partial charge in [-0.1, -0.05) is 27.1 Å². The maximum Gasteiger partial charge on any atom is 0.0161 e. The van der Waals surface area contributed by atoms with Crippen molar-refractivity contribution in [1.29, 1.82) is 0 Å². The van der Waals surface area contributed by atoms with Crippen LogP contribution in [-0.2, 0) is 0 Å². The molecule has 14 heavy (non-hydrogen) atoms. The van der Waals surface area contributed by atoms with Gasteiger partial charge in [0.25, 0.3) is 0 Å². The second-order valence-electron chi connectivity index (χ2n) is 6.46. The standard InChI is InChI=1S/C12H26NP/c1-11(2,3)13-9-8-10-14(13,7)12(4,5)6/h7-10H2,1-6H3/t14-/m1/s1. The van der Waals surface area contributed by atoms with Gasteiger partial charge in [-0.15, -0.1) is 0 Å². The van der Waals surface area contributed by atoms with Crippen LogP contribution in [0.1, 0.15) is 48.0 Å². The highest BCUT2D eigenvalue weighted by Gasteiger charge is 2.42. The van der Waals surface area contributed by atoms with Crippen LogP contribution in [0, 0.1) is 0 Å². The van der Waals surface area contributed by atoms with Crippen molar-refractivity contribution in [3.05, 3.63) is 0 Å². The van der Waals surface area contributed by atoms with E-state index in [0.29, 0.717) is 10.7 Å². The van der Waals surface area contributed by atoms with Crippen LogP contribution >= 0.6 is 7.04 Å². The van der Waals surface area contributed by atoms with Crippen molar-refractivity contribution in [2.45, 2.75) is 58.7 Å². The van der Waals surface area contributed by atoms with Gasteiger partial charge in [-0.3, -0.25) is 4.67 Å². The van der Waals surface area contributed by atoms with Crippen LogP contribution in [-0.4, -0.2) is 34.4 Å². The lowest BCUT2D eigenvalue weighted by Gasteiger charge is -2.47. The Hall–Kier alpha value is 0.260. The molecule has 1 rings (SSSR count). The van der Waals surface area contributed by atoms with Crippen molar-refractivity contribution >= 4 is 13.3 Å². The van der Waals surface area contributed by atoms with E-state index in [9.17, 15) is 0 Å². The van der Waals surface area contributed by atoms with E-state index in [0.717, 1.165) is 0 Å². The molecule has 0 bridgehead atoms. The van der Waals surface area contributed by atoms with E-state index in [1.807, 2.05) is 0 Å². The topological polar surface area (TPSA) is 3.24 Å². The average molecular weight is 215 g/mol. The Morgan fingerprint density at radius 2 is 1.57 bits per heavy atom. The first-order chi connectivity index (χ1) is 6.09. The van der Waals surface area contributed by atoms with Crippen LogP contribution in [0.3, 0.4) is 0 Å². The summed E-state index contributed by atoms with van der Waals surface area (Å²) in [5.41, 5.74) is 0.291. The van der Waals surface area contributed by atoms with Crippen molar-refractivity contribution in [1.82, 2.24) is 4.67 Å². The molecule has 0 spiro atoms. The summed E-state index contributed by atoms with van der Waals surface area (Å²) < 4.78 is 2.69. The quantitative estimate of drug-likeness (QED) is 0.557. The first kappa shape index (κ1) is 12.3. The highest BCUT2D eigenvalue weighted by atomic mass is 31.2. The fraction of sp³-hybridized carbons (Fsp3) is 0.917. The zero-order valence-electron chi connectivity index (χ0n) is 10.7. The molecule has 1 aliphatic heterocycles. The third-order valence-corrected chi connectivity index (χ3v) is 8.66. The molecule has 1 heterocycles. The van der Waals surface area contributed by atoms with Crippen LogP contribution < -0.4 is 0 Å². The van der Waals surface area contributed by atoms with Crippen LogP contribution in [0.25, 0.3) is 0 Å². The fourth-order valence-electron chi connectivity index (χ4n) is 2.40. The Labute approximate surface area is 89.9 Å². The molecule has 1 aliphatic rings. The molecule has 1 nitrogen and oxygen atoms in total. The smallest absolute Gasteiger partial charge is 0.0161 e. The predicted molar refractivity (Wildman–Crippen MR) is 69.7 cm³/mol. The third-order valence-electron chi connectivity index (χ3n) is 3.38. The lowest BCUT2D eigenvalue weighted by atomic mass is 10.1. The van der Waals surface area contributed by atoms with Crippen LogP contribution in [0.4, 0.5) is 0 Å². The highest BCUT2D eigenvalue weighted by Crippen LogP contribution is 2.65. The SMILES string of the molecule is C=[P@]1(C(C)(C)C)CCCN1C(C)(C)C. The summed E-state index contributed by atoms with van der Waals surface area (Å²) in [6.07, 6.45) is 7.31.